The standard InChI is InChI=1S/C13H12Cl2N4O2/c14-8-2-3-10(15)9(6-8)11-16-17-18-19(11)7-13(12(20)21)4-1-5-13/h2-3,6H,1,4-5,7H2,(H,20,21). The second kappa shape index (κ2) is 5.27. The van der Waals surface area contributed by atoms with E-state index in [4.69, 9.17) is 23.2 Å². The highest BCUT2D eigenvalue weighted by atomic mass is 35.5. The van der Waals surface area contributed by atoms with Crippen LogP contribution in [0, 0.1) is 5.41 Å². The molecule has 1 N–H and O–H groups in total. The molecule has 0 atom stereocenters. The zero-order chi connectivity index (χ0) is 15.0. The van der Waals surface area contributed by atoms with Gasteiger partial charge in [0.05, 0.1) is 17.0 Å². The molecule has 0 saturated heterocycles. The summed E-state index contributed by atoms with van der Waals surface area (Å²) in [5.74, 6) is -0.387. The van der Waals surface area contributed by atoms with E-state index in [1.54, 1.807) is 18.2 Å². The fourth-order valence-electron chi connectivity index (χ4n) is 2.50. The maximum absolute atomic E-state index is 11.5. The summed E-state index contributed by atoms with van der Waals surface area (Å²) >= 11 is 12.1. The molecule has 1 aromatic carbocycles. The number of carboxylic acids is 1. The van der Waals surface area contributed by atoms with Crippen LogP contribution in [0.5, 0.6) is 0 Å². The summed E-state index contributed by atoms with van der Waals surface area (Å²) in [7, 11) is 0. The lowest BCUT2D eigenvalue weighted by atomic mass is 9.69. The van der Waals surface area contributed by atoms with Gasteiger partial charge in [-0.2, -0.15) is 0 Å². The molecule has 110 valence electrons. The van der Waals surface area contributed by atoms with Gasteiger partial charge in [-0.3, -0.25) is 4.79 Å². The third kappa shape index (κ3) is 2.49. The highest BCUT2D eigenvalue weighted by Gasteiger charge is 2.45. The van der Waals surface area contributed by atoms with Crippen molar-refractivity contribution >= 4 is 29.2 Å². The molecule has 3 rings (SSSR count). The highest BCUT2D eigenvalue weighted by molar-refractivity contribution is 6.35. The van der Waals surface area contributed by atoms with Gasteiger partial charge in [-0.25, -0.2) is 4.68 Å². The van der Waals surface area contributed by atoms with Gasteiger partial charge < -0.3 is 5.11 Å². The first-order chi connectivity index (χ1) is 10.0. The second-order valence-corrected chi connectivity index (χ2v) is 6.07. The Balaban J connectivity index is 1.98. The van der Waals surface area contributed by atoms with Gasteiger partial charge in [0.25, 0.3) is 0 Å². The van der Waals surface area contributed by atoms with Gasteiger partial charge in [0, 0.05) is 10.6 Å². The van der Waals surface area contributed by atoms with E-state index >= 15 is 0 Å². The summed E-state index contributed by atoms with van der Waals surface area (Å²) in [6.45, 7) is 0.230. The molecule has 21 heavy (non-hydrogen) atoms. The Morgan fingerprint density at radius 2 is 2.14 bits per heavy atom. The number of carbonyl (C=O) groups is 1. The first-order valence-corrected chi connectivity index (χ1v) is 7.22. The van der Waals surface area contributed by atoms with Gasteiger partial charge in [-0.1, -0.05) is 29.6 Å². The van der Waals surface area contributed by atoms with Crippen molar-refractivity contribution in [3.8, 4) is 11.4 Å². The van der Waals surface area contributed by atoms with Crippen LogP contribution in [0.1, 0.15) is 19.3 Å². The number of hydrogen-bond acceptors (Lipinski definition) is 4. The van der Waals surface area contributed by atoms with Crippen LogP contribution in [0.3, 0.4) is 0 Å². The zero-order valence-corrected chi connectivity index (χ0v) is 12.5. The van der Waals surface area contributed by atoms with E-state index in [1.165, 1.54) is 4.68 Å². The number of halogens is 2. The molecule has 0 spiro atoms. The molecular formula is C13H12Cl2N4O2. The average molecular weight is 327 g/mol. The largest absolute Gasteiger partial charge is 0.481 e. The lowest BCUT2D eigenvalue weighted by Gasteiger charge is -2.37. The number of nitrogens with zero attached hydrogens (tertiary/aromatic N) is 4. The second-order valence-electron chi connectivity index (χ2n) is 5.22. The molecule has 8 heteroatoms. The van der Waals surface area contributed by atoms with Crippen LogP contribution >= 0.6 is 23.2 Å². The van der Waals surface area contributed by atoms with Crippen molar-refractivity contribution in [2.75, 3.05) is 0 Å². The minimum absolute atomic E-state index is 0.230. The van der Waals surface area contributed by atoms with Crippen LogP contribution in [-0.4, -0.2) is 31.3 Å². The molecule has 0 radical (unpaired) electrons. The van der Waals surface area contributed by atoms with Crippen molar-refractivity contribution in [2.24, 2.45) is 5.41 Å². The van der Waals surface area contributed by atoms with Crippen LogP contribution in [0.25, 0.3) is 11.4 Å². The van der Waals surface area contributed by atoms with Crippen LogP contribution in [-0.2, 0) is 11.3 Å². The smallest absolute Gasteiger partial charge is 0.311 e. The van der Waals surface area contributed by atoms with Gasteiger partial charge in [-0.15, -0.1) is 5.10 Å². The Morgan fingerprint density at radius 1 is 1.38 bits per heavy atom. The monoisotopic (exact) mass is 326 g/mol. The number of rotatable bonds is 4. The van der Waals surface area contributed by atoms with Crippen LogP contribution in [0.2, 0.25) is 10.0 Å². The molecule has 2 aromatic rings. The molecule has 1 fully saturated rings. The summed E-state index contributed by atoms with van der Waals surface area (Å²) in [5, 5.41) is 21.9. The Bertz CT molecular complexity index is 697. The first kappa shape index (κ1) is 14.3. The van der Waals surface area contributed by atoms with Crippen molar-refractivity contribution in [1.29, 1.82) is 0 Å². The predicted octanol–water partition coefficient (Wildman–Crippen LogP) is 2.90. The molecule has 0 bridgehead atoms. The summed E-state index contributed by atoms with van der Waals surface area (Å²) < 4.78 is 1.49. The predicted molar refractivity (Wildman–Crippen MR) is 77.2 cm³/mol. The average Bonchev–Trinajstić information content (AvgIpc) is 2.84. The quantitative estimate of drug-likeness (QED) is 0.934. The van der Waals surface area contributed by atoms with Crippen molar-refractivity contribution < 1.29 is 9.90 Å². The number of tetrazole rings is 1. The molecule has 6 nitrogen and oxygen atoms in total. The van der Waals surface area contributed by atoms with Crippen LogP contribution in [0.15, 0.2) is 18.2 Å². The number of aromatic nitrogens is 4. The van der Waals surface area contributed by atoms with Crippen LogP contribution < -0.4 is 0 Å². The molecule has 1 aliphatic carbocycles. The summed E-state index contributed by atoms with van der Waals surface area (Å²) in [5.41, 5.74) is -0.191. The third-order valence-corrected chi connectivity index (χ3v) is 4.48. The van der Waals surface area contributed by atoms with Crippen molar-refractivity contribution in [3.63, 3.8) is 0 Å². The van der Waals surface area contributed by atoms with Gasteiger partial charge in [-0.05, 0) is 41.5 Å². The SMILES string of the molecule is O=C(O)C1(Cn2nnnc2-c2cc(Cl)ccc2Cl)CCC1. The Labute approximate surface area is 130 Å². The van der Waals surface area contributed by atoms with Crippen LogP contribution in [0.4, 0.5) is 0 Å². The molecule has 1 aliphatic rings. The maximum Gasteiger partial charge on any atom is 0.311 e. The molecular weight excluding hydrogens is 315 g/mol. The molecule has 1 saturated carbocycles. The first-order valence-electron chi connectivity index (χ1n) is 6.47. The third-order valence-electron chi connectivity index (χ3n) is 3.92. The Hall–Kier alpha value is -1.66. The van der Waals surface area contributed by atoms with Crippen molar-refractivity contribution in [1.82, 2.24) is 20.2 Å². The fraction of sp³-hybridized carbons (Fsp3) is 0.385. The van der Waals surface area contributed by atoms with E-state index in [2.05, 4.69) is 15.5 Å². The van der Waals surface area contributed by atoms with E-state index in [-0.39, 0.29) is 6.54 Å². The molecule has 0 unspecified atom stereocenters. The van der Waals surface area contributed by atoms with Gasteiger partial charge in [0.1, 0.15) is 0 Å². The normalized spacial score (nSPS) is 16.5. The van der Waals surface area contributed by atoms with Crippen molar-refractivity contribution in [3.05, 3.63) is 28.2 Å². The topological polar surface area (TPSA) is 80.9 Å². The lowest BCUT2D eigenvalue weighted by Crippen LogP contribution is -2.42. The maximum atomic E-state index is 11.5. The summed E-state index contributed by atoms with van der Waals surface area (Å²) in [6, 6.07) is 5.00. The van der Waals surface area contributed by atoms with E-state index in [1.807, 2.05) is 0 Å². The highest BCUT2D eigenvalue weighted by Crippen LogP contribution is 2.43. The van der Waals surface area contributed by atoms with E-state index in [9.17, 15) is 9.90 Å². The number of carboxylic acid groups (broad SMARTS) is 1. The van der Waals surface area contributed by atoms with Gasteiger partial charge in [0.15, 0.2) is 5.82 Å². The lowest BCUT2D eigenvalue weighted by molar-refractivity contribution is -0.156. The van der Waals surface area contributed by atoms with Crippen molar-refractivity contribution in [2.45, 2.75) is 25.8 Å². The summed E-state index contributed by atoms with van der Waals surface area (Å²) in [4.78, 5) is 11.5. The molecule has 1 aromatic heterocycles. The Kier molecular flexibility index (Phi) is 3.59. The number of benzene rings is 1. The van der Waals surface area contributed by atoms with E-state index in [0.717, 1.165) is 6.42 Å². The van der Waals surface area contributed by atoms with Gasteiger partial charge >= 0.3 is 5.97 Å². The number of aliphatic carboxylic acids is 1. The van der Waals surface area contributed by atoms with Gasteiger partial charge in [0.2, 0.25) is 0 Å². The zero-order valence-electron chi connectivity index (χ0n) is 11.0. The number of hydrogen-bond donors (Lipinski definition) is 1. The van der Waals surface area contributed by atoms with E-state index < -0.39 is 11.4 Å². The Morgan fingerprint density at radius 3 is 2.76 bits per heavy atom. The fourth-order valence-corrected chi connectivity index (χ4v) is 2.88. The van der Waals surface area contributed by atoms with E-state index in [0.29, 0.717) is 34.3 Å². The molecule has 0 amide bonds. The minimum Gasteiger partial charge on any atom is -0.481 e. The molecule has 1 heterocycles. The minimum atomic E-state index is -0.813. The molecule has 0 aliphatic heterocycles. The summed E-state index contributed by atoms with van der Waals surface area (Å²) in [6.07, 6.45) is 2.16.